The number of sulfonamides is 1. The number of amides is 3. The summed E-state index contributed by atoms with van der Waals surface area (Å²) in [6, 6.07) is 26.0. The fourth-order valence-electron chi connectivity index (χ4n) is 6.67. The molecular formula is C35H43N5O5S. The summed E-state index contributed by atoms with van der Waals surface area (Å²) in [5.74, 6) is -1.47. The molecule has 244 valence electrons. The van der Waals surface area contributed by atoms with Gasteiger partial charge < -0.3 is 20.9 Å². The Morgan fingerprint density at radius 1 is 0.848 bits per heavy atom. The summed E-state index contributed by atoms with van der Waals surface area (Å²) < 4.78 is 26.6. The first kappa shape index (κ1) is 33.3. The predicted molar refractivity (Wildman–Crippen MR) is 177 cm³/mol. The lowest BCUT2D eigenvalue weighted by atomic mass is 9.93. The third-order valence-corrected chi connectivity index (χ3v) is 9.76. The molecule has 2 heterocycles. The van der Waals surface area contributed by atoms with Gasteiger partial charge in [-0.15, -0.1) is 0 Å². The van der Waals surface area contributed by atoms with Crippen LogP contribution in [0.15, 0.2) is 91.0 Å². The fraction of sp³-hybridized carbons (Fsp3) is 0.400. The maximum absolute atomic E-state index is 14.4. The van der Waals surface area contributed by atoms with Crippen molar-refractivity contribution in [1.29, 1.82) is 0 Å². The molecule has 0 aliphatic carbocycles. The van der Waals surface area contributed by atoms with E-state index in [1.165, 1.54) is 0 Å². The average Bonchev–Trinajstić information content (AvgIpc) is 3.44. The Kier molecular flexibility index (Phi) is 10.9. The number of carbonyl (C=O) groups excluding carboxylic acids is 3. The van der Waals surface area contributed by atoms with E-state index < -0.39 is 40.1 Å². The molecule has 0 bridgehead atoms. The highest BCUT2D eigenvalue weighted by Gasteiger charge is 2.48. The SMILES string of the molecule is CN[C@H](Cc1ccccc1)C(=O)N[C@@H]1C(=O)N2[C@@H](CC[C@@H]1CNS(C)(=O)=O)CC[C@H]2C(=O)NC(c1ccccc1)c1ccccc1. The van der Waals surface area contributed by atoms with Crippen molar-refractivity contribution in [3.8, 4) is 0 Å². The quantitative estimate of drug-likeness (QED) is 0.239. The summed E-state index contributed by atoms with van der Waals surface area (Å²) in [6.07, 6.45) is 3.73. The Morgan fingerprint density at radius 3 is 1.98 bits per heavy atom. The molecule has 11 heteroatoms. The highest BCUT2D eigenvalue weighted by atomic mass is 32.2. The lowest BCUT2D eigenvalue weighted by molar-refractivity contribution is -0.143. The van der Waals surface area contributed by atoms with Crippen LogP contribution in [0.3, 0.4) is 0 Å². The maximum atomic E-state index is 14.4. The molecule has 0 aromatic heterocycles. The van der Waals surface area contributed by atoms with Gasteiger partial charge in [0.15, 0.2) is 0 Å². The standard InChI is InChI=1S/C35H43N5O5S/c1-36-29(22-24-12-6-3-7-13-24)33(41)39-32-27(23-37-46(2,44)45)18-19-28-20-21-30(40(28)35(32)43)34(42)38-31(25-14-8-4-9-15-25)26-16-10-5-11-17-26/h3-17,27-32,36-37H,18-23H2,1-2H3,(H,38,42)(H,39,41)/t27-,28+,29-,30+,32+/m1/s1. The van der Waals surface area contributed by atoms with E-state index in [0.29, 0.717) is 32.1 Å². The second-order valence-electron chi connectivity index (χ2n) is 12.2. The molecule has 3 amide bonds. The van der Waals surface area contributed by atoms with Gasteiger partial charge >= 0.3 is 0 Å². The monoisotopic (exact) mass is 645 g/mol. The van der Waals surface area contributed by atoms with Crippen LogP contribution in [-0.4, -0.2) is 75.1 Å². The van der Waals surface area contributed by atoms with E-state index in [1.807, 2.05) is 91.0 Å². The fourth-order valence-corrected chi connectivity index (χ4v) is 7.19. The van der Waals surface area contributed by atoms with Crippen LogP contribution in [0.5, 0.6) is 0 Å². The molecule has 5 rings (SSSR count). The van der Waals surface area contributed by atoms with Crippen LogP contribution in [0.1, 0.15) is 48.4 Å². The van der Waals surface area contributed by atoms with Gasteiger partial charge in [0.05, 0.1) is 18.3 Å². The normalized spacial score (nSPS) is 22.2. The van der Waals surface area contributed by atoms with E-state index in [2.05, 4.69) is 20.7 Å². The van der Waals surface area contributed by atoms with Crippen LogP contribution < -0.4 is 20.7 Å². The average molecular weight is 646 g/mol. The predicted octanol–water partition coefficient (Wildman–Crippen LogP) is 2.53. The first-order valence-electron chi connectivity index (χ1n) is 15.8. The van der Waals surface area contributed by atoms with E-state index >= 15 is 0 Å². The highest BCUT2D eigenvalue weighted by molar-refractivity contribution is 7.88. The summed E-state index contributed by atoms with van der Waals surface area (Å²) >= 11 is 0. The molecule has 3 aromatic carbocycles. The van der Waals surface area contributed by atoms with Crippen LogP contribution in [0, 0.1) is 5.92 Å². The number of benzene rings is 3. The number of hydrogen-bond donors (Lipinski definition) is 4. The molecule has 0 radical (unpaired) electrons. The van der Waals surface area contributed by atoms with Gasteiger partial charge in [-0.05, 0) is 55.8 Å². The molecule has 10 nitrogen and oxygen atoms in total. The smallest absolute Gasteiger partial charge is 0.246 e. The minimum Gasteiger partial charge on any atom is -0.343 e. The Morgan fingerprint density at radius 2 is 1.41 bits per heavy atom. The maximum Gasteiger partial charge on any atom is 0.246 e. The summed E-state index contributed by atoms with van der Waals surface area (Å²) in [6.45, 7) is -0.0000625. The topological polar surface area (TPSA) is 137 Å². The summed E-state index contributed by atoms with van der Waals surface area (Å²) in [5, 5.41) is 9.24. The molecule has 5 atom stereocenters. The Hall–Kier alpha value is -4.06. The van der Waals surface area contributed by atoms with Crippen LogP contribution in [0.25, 0.3) is 0 Å². The van der Waals surface area contributed by atoms with Gasteiger partial charge in [-0.2, -0.15) is 0 Å². The first-order valence-corrected chi connectivity index (χ1v) is 17.7. The summed E-state index contributed by atoms with van der Waals surface area (Å²) in [4.78, 5) is 43.8. The lowest BCUT2D eigenvalue weighted by Gasteiger charge is -2.33. The zero-order valence-electron chi connectivity index (χ0n) is 26.3. The van der Waals surface area contributed by atoms with Crippen molar-refractivity contribution < 1.29 is 22.8 Å². The molecule has 46 heavy (non-hydrogen) atoms. The van der Waals surface area contributed by atoms with E-state index in [-0.39, 0.29) is 30.3 Å². The van der Waals surface area contributed by atoms with Crippen molar-refractivity contribution in [3.05, 3.63) is 108 Å². The van der Waals surface area contributed by atoms with Gasteiger partial charge in [0, 0.05) is 18.5 Å². The van der Waals surface area contributed by atoms with Crippen LogP contribution in [-0.2, 0) is 30.8 Å². The highest BCUT2D eigenvalue weighted by Crippen LogP contribution is 2.35. The molecule has 0 spiro atoms. The second kappa shape index (κ2) is 15.0. The van der Waals surface area contributed by atoms with E-state index in [4.69, 9.17) is 0 Å². The molecular weight excluding hydrogens is 602 g/mol. The van der Waals surface area contributed by atoms with Crippen LogP contribution in [0.4, 0.5) is 0 Å². The van der Waals surface area contributed by atoms with Crippen LogP contribution in [0.2, 0.25) is 0 Å². The molecule has 3 aromatic rings. The number of fused-ring (bicyclic) bond motifs is 1. The van der Waals surface area contributed by atoms with Crippen molar-refractivity contribution >= 4 is 27.7 Å². The van der Waals surface area contributed by atoms with E-state index in [9.17, 15) is 22.8 Å². The lowest BCUT2D eigenvalue weighted by Crippen LogP contribution is -2.59. The Balaban J connectivity index is 1.40. The number of hydrogen-bond acceptors (Lipinski definition) is 6. The number of likely N-dealkylation sites (N-methyl/N-ethyl adjacent to an activating group) is 1. The second-order valence-corrected chi connectivity index (χ2v) is 14.1. The Labute approximate surface area is 271 Å². The molecule has 0 saturated carbocycles. The van der Waals surface area contributed by atoms with Gasteiger partial charge in [0.2, 0.25) is 27.7 Å². The zero-order chi connectivity index (χ0) is 32.7. The van der Waals surface area contributed by atoms with Gasteiger partial charge in [-0.1, -0.05) is 91.0 Å². The molecule has 2 aliphatic heterocycles. The molecule has 4 N–H and O–H groups in total. The number of rotatable bonds is 12. The minimum atomic E-state index is -3.54. The zero-order valence-corrected chi connectivity index (χ0v) is 27.1. The number of nitrogens with one attached hydrogen (secondary N) is 4. The van der Waals surface area contributed by atoms with Gasteiger partial charge in [0.1, 0.15) is 12.1 Å². The summed E-state index contributed by atoms with van der Waals surface area (Å²) in [5.41, 5.74) is 2.81. The number of nitrogens with zero attached hydrogens (tertiary/aromatic N) is 1. The first-order chi connectivity index (χ1) is 22.1. The molecule has 2 aliphatic rings. The third kappa shape index (κ3) is 8.20. The largest absolute Gasteiger partial charge is 0.343 e. The molecule has 0 unspecified atom stereocenters. The molecule has 2 fully saturated rings. The van der Waals surface area contributed by atoms with Crippen molar-refractivity contribution in [2.45, 2.75) is 62.3 Å². The van der Waals surface area contributed by atoms with Crippen molar-refractivity contribution in [3.63, 3.8) is 0 Å². The van der Waals surface area contributed by atoms with Gasteiger partial charge in [-0.25, -0.2) is 13.1 Å². The van der Waals surface area contributed by atoms with E-state index in [0.717, 1.165) is 22.9 Å². The summed E-state index contributed by atoms with van der Waals surface area (Å²) in [7, 11) is -1.85. The van der Waals surface area contributed by atoms with E-state index in [1.54, 1.807) is 11.9 Å². The van der Waals surface area contributed by atoms with Gasteiger partial charge in [-0.3, -0.25) is 14.4 Å². The van der Waals surface area contributed by atoms with Gasteiger partial charge in [0.25, 0.3) is 0 Å². The molecule has 2 saturated heterocycles. The third-order valence-electron chi connectivity index (χ3n) is 9.07. The van der Waals surface area contributed by atoms with Crippen molar-refractivity contribution in [2.24, 2.45) is 5.92 Å². The van der Waals surface area contributed by atoms with Crippen molar-refractivity contribution in [1.82, 2.24) is 25.6 Å². The van der Waals surface area contributed by atoms with Crippen LogP contribution >= 0.6 is 0 Å². The van der Waals surface area contributed by atoms with Crippen molar-refractivity contribution in [2.75, 3.05) is 19.8 Å². The Bertz CT molecular complexity index is 1550. The minimum absolute atomic E-state index is 0.0000625. The number of carbonyl (C=O) groups is 3.